The van der Waals surface area contributed by atoms with Gasteiger partial charge in [0.2, 0.25) is 5.91 Å². The third-order valence-electron chi connectivity index (χ3n) is 9.12. The number of aliphatic carboxylic acids is 1. The minimum Gasteiger partial charge on any atom is -0.481 e. The third kappa shape index (κ3) is 7.73. The highest BCUT2D eigenvalue weighted by Gasteiger charge is 2.39. The molecule has 0 aliphatic carbocycles. The van der Waals surface area contributed by atoms with Gasteiger partial charge in [-0.25, -0.2) is 14.4 Å². The lowest BCUT2D eigenvalue weighted by atomic mass is 9.89. The Labute approximate surface area is 295 Å². The highest BCUT2D eigenvalue weighted by atomic mass is 32.1. The lowest BCUT2D eigenvalue weighted by molar-refractivity contribution is -0.154. The maximum Gasteiger partial charge on any atom is 0.310 e. The van der Waals surface area contributed by atoms with Gasteiger partial charge in [0.05, 0.1) is 10.8 Å². The number of Topliss-reactive ketones (excluding diaryl/α,β-unsaturated/α-hetero) is 1. The van der Waals surface area contributed by atoms with E-state index >= 15 is 4.39 Å². The Morgan fingerprint density at radius 2 is 1.50 bits per heavy atom. The average Bonchev–Trinajstić information content (AvgIpc) is 3.55. The Morgan fingerprint density at radius 1 is 0.860 bits per heavy atom. The van der Waals surface area contributed by atoms with Crippen LogP contribution in [0.15, 0.2) is 85.2 Å². The van der Waals surface area contributed by atoms with Crippen LogP contribution < -0.4 is 0 Å². The van der Waals surface area contributed by atoms with Crippen molar-refractivity contribution in [1.82, 2.24) is 14.9 Å². The minimum absolute atomic E-state index is 0.0334. The molecule has 0 radical (unpaired) electrons. The summed E-state index contributed by atoms with van der Waals surface area (Å²) < 4.78 is 15.3. The number of benzene rings is 3. The van der Waals surface area contributed by atoms with Crippen LogP contribution in [0.1, 0.15) is 58.4 Å². The molecule has 0 bridgehead atoms. The van der Waals surface area contributed by atoms with Gasteiger partial charge in [0.25, 0.3) is 0 Å². The molecule has 0 unspecified atom stereocenters. The number of aryl methyl sites for hydroxylation is 2. The van der Waals surface area contributed by atoms with Crippen molar-refractivity contribution in [2.75, 3.05) is 13.1 Å². The van der Waals surface area contributed by atoms with E-state index in [2.05, 4.69) is 36.8 Å². The number of aromatic nitrogens is 2. The van der Waals surface area contributed by atoms with Crippen molar-refractivity contribution in [3.8, 4) is 33.6 Å². The van der Waals surface area contributed by atoms with Crippen LogP contribution in [0.2, 0.25) is 0 Å². The normalized spacial score (nSPS) is 13.9. The molecule has 1 N–H and O–H groups in total. The predicted molar refractivity (Wildman–Crippen MR) is 195 cm³/mol. The molecular weight excluding hydrogens is 650 g/mol. The van der Waals surface area contributed by atoms with Gasteiger partial charge < -0.3 is 10.0 Å². The van der Waals surface area contributed by atoms with Gasteiger partial charge in [-0.15, -0.1) is 11.3 Å². The monoisotopic (exact) mass is 689 g/mol. The summed E-state index contributed by atoms with van der Waals surface area (Å²) in [4.78, 5) is 50.6. The summed E-state index contributed by atoms with van der Waals surface area (Å²) in [6.07, 6.45) is 3.58. The van der Waals surface area contributed by atoms with Gasteiger partial charge >= 0.3 is 5.97 Å². The van der Waals surface area contributed by atoms with Crippen LogP contribution in [0.4, 0.5) is 4.39 Å². The van der Waals surface area contributed by atoms with E-state index in [4.69, 9.17) is 0 Å². The second-order valence-electron chi connectivity index (χ2n) is 14.3. The first kappa shape index (κ1) is 34.8. The number of carboxylic acid groups (broad SMARTS) is 1. The van der Waals surface area contributed by atoms with Gasteiger partial charge in [0.15, 0.2) is 11.6 Å². The maximum absolute atomic E-state index is 15.3. The number of carboxylic acids is 1. The second-order valence-corrected chi connectivity index (χ2v) is 15.4. The van der Waals surface area contributed by atoms with Gasteiger partial charge in [-0.05, 0) is 60.6 Å². The molecule has 256 valence electrons. The number of likely N-dealkylation sites (tertiary alicyclic amines) is 1. The van der Waals surface area contributed by atoms with Gasteiger partial charge in [-0.3, -0.25) is 14.4 Å². The number of carbonyl (C=O) groups excluding carboxylic acids is 2. The molecule has 1 atom stereocenters. The molecule has 0 saturated carbocycles. The van der Waals surface area contributed by atoms with Crippen molar-refractivity contribution in [3.63, 3.8) is 0 Å². The third-order valence-corrected chi connectivity index (χ3v) is 10.7. The molecule has 7 nitrogen and oxygen atoms in total. The largest absolute Gasteiger partial charge is 0.481 e. The molecule has 50 heavy (non-hydrogen) atoms. The summed E-state index contributed by atoms with van der Waals surface area (Å²) in [6.45, 7) is 10.6. The van der Waals surface area contributed by atoms with Gasteiger partial charge in [-0.1, -0.05) is 86.5 Å². The van der Waals surface area contributed by atoms with Gasteiger partial charge in [0.1, 0.15) is 5.82 Å². The number of thiophene rings is 1. The summed E-state index contributed by atoms with van der Waals surface area (Å²) >= 11 is 1.45. The van der Waals surface area contributed by atoms with E-state index in [1.807, 2.05) is 68.4 Å². The van der Waals surface area contributed by atoms with E-state index in [1.54, 1.807) is 18.5 Å². The molecule has 1 saturated heterocycles. The Bertz CT molecular complexity index is 2040. The topological polar surface area (TPSA) is 100 Å². The summed E-state index contributed by atoms with van der Waals surface area (Å²) in [7, 11) is 0. The number of hydrogen-bond acceptors (Lipinski definition) is 6. The van der Waals surface area contributed by atoms with E-state index < -0.39 is 17.8 Å². The number of carbonyl (C=O) groups is 3. The quantitative estimate of drug-likeness (QED) is 0.148. The van der Waals surface area contributed by atoms with E-state index in [0.29, 0.717) is 28.2 Å². The van der Waals surface area contributed by atoms with Crippen LogP contribution in [0.3, 0.4) is 0 Å². The summed E-state index contributed by atoms with van der Waals surface area (Å²) in [5.74, 6) is -2.31. The maximum atomic E-state index is 15.3. The lowest BCUT2D eigenvalue weighted by Crippen LogP contribution is -2.55. The highest BCUT2D eigenvalue weighted by Crippen LogP contribution is 2.33. The highest BCUT2D eigenvalue weighted by molar-refractivity contribution is 7.14. The molecule has 3 heterocycles. The molecular formula is C41H40FN3O4S. The molecule has 9 heteroatoms. The molecule has 6 rings (SSSR count). The van der Waals surface area contributed by atoms with Crippen LogP contribution in [-0.4, -0.2) is 50.7 Å². The van der Waals surface area contributed by atoms with Gasteiger partial charge in [-0.2, -0.15) is 0 Å². The SMILES string of the molecule is Cc1cc(C)cc(-c2ccc(-c3cnc(-c4ccc(C[C@H](CC(=O)c5ccc(C(C)(C)C)s5)C(=O)N5CC(C(=O)O)C5)cc4)nc3)c(F)c2)c1. The van der Waals surface area contributed by atoms with E-state index in [1.165, 1.54) is 22.3 Å². The zero-order valence-electron chi connectivity index (χ0n) is 28.9. The van der Waals surface area contributed by atoms with Crippen LogP contribution in [0, 0.1) is 31.5 Å². The van der Waals surface area contributed by atoms with E-state index in [9.17, 15) is 19.5 Å². The molecule has 5 aromatic rings. The zero-order valence-corrected chi connectivity index (χ0v) is 29.7. The number of nitrogens with zero attached hydrogens (tertiary/aromatic N) is 3. The number of halogens is 1. The summed E-state index contributed by atoms with van der Waals surface area (Å²) in [5.41, 5.74) is 6.53. The van der Waals surface area contributed by atoms with Crippen molar-refractivity contribution in [2.24, 2.45) is 11.8 Å². The zero-order chi connectivity index (χ0) is 35.7. The van der Waals surface area contributed by atoms with E-state index in [0.717, 1.165) is 38.3 Å². The number of amides is 1. The molecule has 1 aliphatic rings. The molecule has 2 aromatic heterocycles. The number of ketones is 1. The second kappa shape index (κ2) is 14.1. The average molecular weight is 690 g/mol. The standard InChI is InChI=1S/C41H40FN3O4S/c1-24-14-25(2)16-29(15-24)28-10-11-33(34(42)18-28)31-20-43-38(44-21-31)27-8-6-26(7-9-27)17-30(39(47)45-22-32(23-45)40(48)49)19-35(46)36-12-13-37(50-36)41(3,4)5/h6-16,18,20-21,30,32H,17,19,22-23H2,1-5H3,(H,48,49)/t30-/m1/s1. The number of rotatable bonds is 10. The molecule has 1 fully saturated rings. The van der Waals surface area contributed by atoms with Crippen molar-refractivity contribution in [3.05, 3.63) is 117 Å². The van der Waals surface area contributed by atoms with Crippen molar-refractivity contribution in [2.45, 2.75) is 52.9 Å². The fraction of sp³-hybridized carbons (Fsp3) is 0.293. The van der Waals surface area contributed by atoms with Crippen LogP contribution in [0.5, 0.6) is 0 Å². The first-order chi connectivity index (χ1) is 23.7. The van der Waals surface area contributed by atoms with Crippen LogP contribution in [-0.2, 0) is 21.4 Å². The van der Waals surface area contributed by atoms with Crippen molar-refractivity contribution in [1.29, 1.82) is 0 Å². The van der Waals surface area contributed by atoms with E-state index in [-0.39, 0.29) is 42.4 Å². The summed E-state index contributed by atoms with van der Waals surface area (Å²) in [5, 5.41) is 9.32. The minimum atomic E-state index is -0.919. The molecule has 3 aromatic carbocycles. The van der Waals surface area contributed by atoms with Crippen molar-refractivity contribution >= 4 is 29.0 Å². The Morgan fingerprint density at radius 3 is 2.08 bits per heavy atom. The smallest absolute Gasteiger partial charge is 0.310 e. The Hall–Kier alpha value is -5.02. The first-order valence-electron chi connectivity index (χ1n) is 16.7. The van der Waals surface area contributed by atoms with Crippen molar-refractivity contribution < 1.29 is 23.9 Å². The first-order valence-corrected chi connectivity index (χ1v) is 17.5. The van der Waals surface area contributed by atoms with Crippen LogP contribution in [0.25, 0.3) is 33.6 Å². The Kier molecular flexibility index (Phi) is 9.80. The molecule has 1 amide bonds. The van der Waals surface area contributed by atoms with Crippen LogP contribution >= 0.6 is 11.3 Å². The number of hydrogen-bond donors (Lipinski definition) is 1. The summed E-state index contributed by atoms with van der Waals surface area (Å²) in [6, 6.07) is 22.7. The van der Waals surface area contributed by atoms with Gasteiger partial charge in [0, 0.05) is 59.4 Å². The fourth-order valence-corrected chi connectivity index (χ4v) is 7.31. The predicted octanol–water partition coefficient (Wildman–Crippen LogP) is 8.57. The fourth-order valence-electron chi connectivity index (χ4n) is 6.30. The lowest BCUT2D eigenvalue weighted by Gasteiger charge is -2.38. The molecule has 1 aliphatic heterocycles. The Balaban J connectivity index is 1.16. The molecule has 0 spiro atoms.